The van der Waals surface area contributed by atoms with E-state index < -0.39 is 16.4 Å². The van der Waals surface area contributed by atoms with Gasteiger partial charge in [0.2, 0.25) is 5.82 Å². The summed E-state index contributed by atoms with van der Waals surface area (Å²) in [4.78, 5) is 27.5. The van der Waals surface area contributed by atoms with Crippen LogP contribution in [0.25, 0.3) is 17.0 Å². The number of fused-ring (bicyclic) bond motifs is 1. The van der Waals surface area contributed by atoms with Crippen LogP contribution in [0.5, 0.6) is 5.75 Å². The number of hydrogen-bond donors (Lipinski definition) is 1. The summed E-state index contributed by atoms with van der Waals surface area (Å²) >= 11 is 0. The van der Waals surface area contributed by atoms with Gasteiger partial charge in [-0.05, 0) is 48.8 Å². The molecule has 0 saturated heterocycles. The first kappa shape index (κ1) is 26.2. The monoisotopic (exact) mass is 493 g/mol. The van der Waals surface area contributed by atoms with Crippen LogP contribution in [-0.4, -0.2) is 41.6 Å². The van der Waals surface area contributed by atoms with E-state index in [4.69, 9.17) is 13.9 Å². The van der Waals surface area contributed by atoms with Crippen LogP contribution in [0.2, 0.25) is 0 Å². The third-order valence-corrected chi connectivity index (χ3v) is 5.13. The van der Waals surface area contributed by atoms with Crippen molar-refractivity contribution in [2.75, 3.05) is 25.3 Å². The molecule has 0 aliphatic heterocycles. The first-order chi connectivity index (χ1) is 17.0. The van der Waals surface area contributed by atoms with Gasteiger partial charge in [0.1, 0.15) is 17.1 Å². The van der Waals surface area contributed by atoms with Crippen molar-refractivity contribution in [2.45, 2.75) is 33.1 Å². The number of nitro groups is 1. The van der Waals surface area contributed by atoms with Crippen LogP contribution in [0.3, 0.4) is 0 Å². The highest BCUT2D eigenvalue weighted by atomic mass is 16.7. The zero-order valence-corrected chi connectivity index (χ0v) is 20.7. The van der Waals surface area contributed by atoms with Crippen molar-refractivity contribution in [1.82, 2.24) is 4.98 Å². The number of ether oxygens (including phenoxy) is 2. The molecule has 0 fully saturated rings. The van der Waals surface area contributed by atoms with Crippen LogP contribution < -0.4 is 9.64 Å². The zero-order chi connectivity index (χ0) is 26.5. The molecule has 1 N–H and O–H groups in total. The Kier molecular flexibility index (Phi) is 7.96. The minimum absolute atomic E-state index is 0.166. The summed E-state index contributed by atoms with van der Waals surface area (Å²) in [6.07, 6.45) is 3.25. The first-order valence-corrected chi connectivity index (χ1v) is 11.1. The summed E-state index contributed by atoms with van der Waals surface area (Å²) in [6, 6.07) is 7.27. The molecule has 3 rings (SSSR count). The van der Waals surface area contributed by atoms with Crippen LogP contribution in [0.4, 0.5) is 16.3 Å². The molecule has 10 heteroatoms. The van der Waals surface area contributed by atoms with Crippen LogP contribution in [0.15, 0.2) is 41.0 Å². The largest absolute Gasteiger partial charge is 0.468 e. The maximum Gasteiger partial charge on any atom is 0.412 e. The maximum atomic E-state index is 11.9. The summed E-state index contributed by atoms with van der Waals surface area (Å²) < 4.78 is 16.5. The Labute approximate surface area is 208 Å². The van der Waals surface area contributed by atoms with Gasteiger partial charge in [-0.3, -0.25) is 15.0 Å². The van der Waals surface area contributed by atoms with E-state index in [0.29, 0.717) is 34.8 Å². The number of pyridine rings is 1. The number of furan rings is 1. The Balaban J connectivity index is 1.92. The fraction of sp³-hybridized carbons (Fsp3) is 0.308. The third-order valence-electron chi connectivity index (χ3n) is 5.13. The molecule has 1 aromatic carbocycles. The summed E-state index contributed by atoms with van der Waals surface area (Å²) in [6.45, 7) is 8.00. The van der Waals surface area contributed by atoms with E-state index in [0.717, 1.165) is 10.3 Å². The molecule has 0 atom stereocenters. The van der Waals surface area contributed by atoms with Gasteiger partial charge >= 0.3 is 11.8 Å². The van der Waals surface area contributed by atoms with E-state index in [1.165, 1.54) is 13.2 Å². The quantitative estimate of drug-likeness (QED) is 0.148. The van der Waals surface area contributed by atoms with Gasteiger partial charge in [0.25, 0.3) is 0 Å². The van der Waals surface area contributed by atoms with E-state index in [-0.39, 0.29) is 18.3 Å². The Hall–Kier alpha value is -4.36. The predicted molar refractivity (Wildman–Crippen MR) is 135 cm³/mol. The third kappa shape index (κ3) is 6.00. The number of rotatable bonds is 7. The standard InChI is InChI=1S/C26H27N3O7/c1-6-34-16-35-19-11-12-21-18(13-19)14-20(36-21)10-8-7-9-17-15-27-24(28(5)25(30)31)23(29(32)33)22(17)26(2,3)4/h8,10-15H,6,16H2,1-5H3,(H,30,31)/b10-8+. The second kappa shape index (κ2) is 10.9. The van der Waals surface area contributed by atoms with E-state index in [1.54, 1.807) is 45.1 Å². The molecule has 36 heavy (non-hydrogen) atoms. The van der Waals surface area contributed by atoms with Crippen molar-refractivity contribution < 1.29 is 28.7 Å². The van der Waals surface area contributed by atoms with Crippen molar-refractivity contribution in [3.8, 4) is 17.6 Å². The van der Waals surface area contributed by atoms with E-state index >= 15 is 0 Å². The fourth-order valence-electron chi connectivity index (χ4n) is 3.50. The zero-order valence-electron chi connectivity index (χ0n) is 20.7. The minimum Gasteiger partial charge on any atom is -0.468 e. The van der Waals surface area contributed by atoms with Gasteiger partial charge in [-0.15, -0.1) is 0 Å². The molecule has 0 radical (unpaired) electrons. The number of benzene rings is 1. The highest BCUT2D eigenvalue weighted by Gasteiger charge is 2.34. The molecular weight excluding hydrogens is 466 g/mol. The lowest BCUT2D eigenvalue weighted by Crippen LogP contribution is -2.27. The summed E-state index contributed by atoms with van der Waals surface area (Å²) in [7, 11) is 1.21. The molecule has 0 unspecified atom stereocenters. The van der Waals surface area contributed by atoms with Crippen molar-refractivity contribution in [1.29, 1.82) is 0 Å². The number of allylic oxidation sites excluding steroid dienone is 1. The van der Waals surface area contributed by atoms with Gasteiger partial charge in [-0.25, -0.2) is 9.78 Å². The van der Waals surface area contributed by atoms with E-state index in [2.05, 4.69) is 16.8 Å². The molecular formula is C26H27N3O7. The molecule has 0 aliphatic carbocycles. The Morgan fingerprint density at radius 3 is 2.72 bits per heavy atom. The van der Waals surface area contributed by atoms with Crippen LogP contribution in [0.1, 0.15) is 44.6 Å². The lowest BCUT2D eigenvalue weighted by Gasteiger charge is -2.23. The summed E-state index contributed by atoms with van der Waals surface area (Å²) in [5.41, 5.74) is 0.229. The summed E-state index contributed by atoms with van der Waals surface area (Å²) in [5.74, 6) is 6.74. The molecule has 1 amide bonds. The number of nitrogens with zero attached hydrogens (tertiary/aromatic N) is 3. The van der Waals surface area contributed by atoms with Crippen molar-refractivity contribution >= 4 is 34.6 Å². The van der Waals surface area contributed by atoms with Crippen molar-refractivity contribution in [3.05, 3.63) is 63.5 Å². The van der Waals surface area contributed by atoms with Crippen LogP contribution in [0, 0.1) is 22.0 Å². The first-order valence-electron chi connectivity index (χ1n) is 11.1. The smallest absolute Gasteiger partial charge is 0.412 e. The van der Waals surface area contributed by atoms with Gasteiger partial charge in [0.15, 0.2) is 6.79 Å². The number of carbonyl (C=O) groups is 1. The highest BCUT2D eigenvalue weighted by Crippen LogP contribution is 2.39. The molecule has 2 aromatic heterocycles. The maximum absolute atomic E-state index is 11.9. The average Bonchev–Trinajstić information content (AvgIpc) is 3.22. The number of amides is 1. The van der Waals surface area contributed by atoms with Gasteiger partial charge < -0.3 is 19.0 Å². The number of aromatic nitrogens is 1. The highest BCUT2D eigenvalue weighted by molar-refractivity contribution is 5.88. The van der Waals surface area contributed by atoms with Crippen molar-refractivity contribution in [2.24, 2.45) is 0 Å². The molecule has 2 heterocycles. The SMILES string of the molecule is CCOCOc1ccc2oc(/C=C/C#Cc3cnc(N(C)C(=O)O)c([N+](=O)[O-])c3C(C)(C)C)cc2c1. The number of anilines is 1. The second-order valence-corrected chi connectivity index (χ2v) is 8.77. The second-order valence-electron chi connectivity index (χ2n) is 8.77. The topological polar surface area (TPSA) is 128 Å². The van der Waals surface area contributed by atoms with Gasteiger partial charge in [-0.2, -0.15) is 0 Å². The Morgan fingerprint density at radius 2 is 2.08 bits per heavy atom. The van der Waals surface area contributed by atoms with Crippen LogP contribution in [-0.2, 0) is 10.2 Å². The Bertz CT molecular complexity index is 1370. The van der Waals surface area contributed by atoms with Crippen molar-refractivity contribution in [3.63, 3.8) is 0 Å². The normalized spacial score (nSPS) is 11.4. The van der Waals surface area contributed by atoms with E-state index in [9.17, 15) is 20.0 Å². The van der Waals surface area contributed by atoms with Gasteiger partial charge in [-0.1, -0.05) is 32.6 Å². The molecule has 3 aromatic rings. The number of carboxylic acid groups (broad SMARTS) is 1. The molecule has 0 spiro atoms. The Morgan fingerprint density at radius 1 is 1.33 bits per heavy atom. The molecule has 0 aliphatic rings. The van der Waals surface area contributed by atoms with E-state index in [1.807, 2.05) is 19.1 Å². The number of hydrogen-bond acceptors (Lipinski definition) is 7. The average molecular weight is 494 g/mol. The molecule has 10 nitrogen and oxygen atoms in total. The fourth-order valence-corrected chi connectivity index (χ4v) is 3.50. The van der Waals surface area contributed by atoms with Gasteiger partial charge in [0.05, 0.1) is 16.1 Å². The predicted octanol–water partition coefficient (Wildman–Crippen LogP) is 5.59. The molecule has 0 bridgehead atoms. The van der Waals surface area contributed by atoms with Crippen LogP contribution >= 0.6 is 0 Å². The summed E-state index contributed by atoms with van der Waals surface area (Å²) in [5, 5.41) is 22.1. The lowest BCUT2D eigenvalue weighted by molar-refractivity contribution is -0.385. The van der Waals surface area contributed by atoms with Gasteiger partial charge in [0, 0.05) is 25.2 Å². The minimum atomic E-state index is -1.36. The molecule has 0 saturated carbocycles. The lowest BCUT2D eigenvalue weighted by atomic mass is 9.83. The molecule has 188 valence electrons.